The molecule has 1 aromatic heterocycles. The third kappa shape index (κ3) is 2.06. The Morgan fingerprint density at radius 3 is 2.31 bits per heavy atom. The summed E-state index contributed by atoms with van der Waals surface area (Å²) in [5, 5.41) is 5.77. The van der Waals surface area contributed by atoms with Crippen LogP contribution in [0.5, 0.6) is 0 Å². The Bertz CT molecular complexity index is 606. The van der Waals surface area contributed by atoms with Gasteiger partial charge in [0.2, 0.25) is 5.03 Å². The molecule has 0 amide bonds. The van der Waals surface area contributed by atoms with E-state index in [1.54, 1.807) is 0 Å². The molecule has 0 aliphatic carbocycles. The van der Waals surface area contributed by atoms with Crippen LogP contribution in [0.3, 0.4) is 0 Å². The zero-order valence-corrected chi connectivity index (χ0v) is 8.53. The quantitative estimate of drug-likeness (QED) is 0.742. The minimum atomic E-state index is -4.87. The van der Waals surface area contributed by atoms with E-state index in [9.17, 15) is 16.7 Å². The third-order valence-electron chi connectivity index (χ3n) is 1.81. The Balaban J connectivity index is 2.43. The minimum absolute atomic E-state index is 0.379. The summed E-state index contributed by atoms with van der Waals surface area (Å²) >= 11 is 0. The Morgan fingerprint density at radius 1 is 1.19 bits per heavy atom. The maximum absolute atomic E-state index is 12.6. The van der Waals surface area contributed by atoms with E-state index in [4.69, 9.17) is 0 Å². The molecule has 2 aromatic rings. The van der Waals surface area contributed by atoms with Gasteiger partial charge in [-0.25, -0.2) is 9.07 Å². The highest BCUT2D eigenvalue weighted by Crippen LogP contribution is 2.11. The monoisotopic (exact) mass is 245 g/mol. The summed E-state index contributed by atoms with van der Waals surface area (Å²) in [6.45, 7) is 0. The molecule has 1 heterocycles. The number of halogens is 2. The van der Waals surface area contributed by atoms with Gasteiger partial charge in [0.05, 0.1) is 11.9 Å². The molecule has 0 aliphatic heterocycles. The molecule has 0 saturated heterocycles. The van der Waals surface area contributed by atoms with Crippen LogP contribution in [0.1, 0.15) is 0 Å². The predicted molar refractivity (Wildman–Crippen MR) is 49.6 cm³/mol. The smallest absolute Gasteiger partial charge is 0.219 e. The first-order valence-corrected chi connectivity index (χ1v) is 5.48. The number of nitrogens with zero attached hydrogens (tertiary/aromatic N) is 3. The molecule has 0 unspecified atom stereocenters. The second kappa shape index (κ2) is 3.63. The molecule has 2 rings (SSSR count). The molecule has 5 nitrogen and oxygen atoms in total. The molecule has 0 saturated carbocycles. The van der Waals surface area contributed by atoms with Crippen molar-refractivity contribution in [2.24, 2.45) is 0 Å². The Hall–Kier alpha value is -1.83. The van der Waals surface area contributed by atoms with Gasteiger partial charge >= 0.3 is 10.2 Å². The van der Waals surface area contributed by atoms with Gasteiger partial charge in [0.15, 0.2) is 0 Å². The van der Waals surface area contributed by atoms with Crippen molar-refractivity contribution in [3.8, 4) is 5.69 Å². The fourth-order valence-corrected chi connectivity index (χ4v) is 1.44. The highest BCUT2D eigenvalue weighted by Gasteiger charge is 2.17. The van der Waals surface area contributed by atoms with E-state index in [0.29, 0.717) is 5.69 Å². The molecule has 16 heavy (non-hydrogen) atoms. The second-order valence-electron chi connectivity index (χ2n) is 2.92. The summed E-state index contributed by atoms with van der Waals surface area (Å²) in [4.78, 5) is 0. The highest BCUT2D eigenvalue weighted by molar-refractivity contribution is 7.86. The zero-order valence-electron chi connectivity index (χ0n) is 7.71. The van der Waals surface area contributed by atoms with Crippen LogP contribution in [0.25, 0.3) is 5.69 Å². The van der Waals surface area contributed by atoms with Crippen molar-refractivity contribution in [3.63, 3.8) is 0 Å². The molecular formula is C8H5F2N3O2S. The van der Waals surface area contributed by atoms with Crippen LogP contribution in [0.2, 0.25) is 0 Å². The molecule has 0 fully saturated rings. The van der Waals surface area contributed by atoms with Gasteiger partial charge in [0.1, 0.15) is 5.82 Å². The van der Waals surface area contributed by atoms with Crippen LogP contribution >= 0.6 is 0 Å². The molecule has 0 spiro atoms. The number of hydrogen-bond acceptors (Lipinski definition) is 4. The summed E-state index contributed by atoms with van der Waals surface area (Å²) < 4.78 is 47.1. The fourth-order valence-electron chi connectivity index (χ4n) is 1.08. The maximum Gasteiger partial charge on any atom is 0.353 e. The van der Waals surface area contributed by atoms with Crippen LogP contribution < -0.4 is 0 Å². The molecule has 0 bridgehead atoms. The lowest BCUT2D eigenvalue weighted by Gasteiger charge is -1.97. The Kier molecular flexibility index (Phi) is 2.43. The SMILES string of the molecule is O=S(=O)(F)c1cn(-c2ccc(F)cc2)nn1. The zero-order chi connectivity index (χ0) is 11.8. The molecule has 84 valence electrons. The molecule has 0 atom stereocenters. The summed E-state index contributed by atoms with van der Waals surface area (Å²) in [6.07, 6.45) is 0.905. The summed E-state index contributed by atoms with van der Waals surface area (Å²) in [5.41, 5.74) is 0.379. The second-order valence-corrected chi connectivity index (χ2v) is 4.21. The van der Waals surface area contributed by atoms with E-state index in [2.05, 4.69) is 10.3 Å². The average Bonchev–Trinajstić information content (AvgIpc) is 2.67. The molecule has 1 aromatic carbocycles. The van der Waals surface area contributed by atoms with Gasteiger partial charge in [-0.1, -0.05) is 9.10 Å². The average molecular weight is 245 g/mol. The van der Waals surface area contributed by atoms with Crippen molar-refractivity contribution in [2.75, 3.05) is 0 Å². The standard InChI is InChI=1S/C8H5F2N3O2S/c9-6-1-3-7(4-2-6)13-5-8(11-12-13)16(10,14)15/h1-5H. The first-order valence-electron chi connectivity index (χ1n) is 4.10. The van der Waals surface area contributed by atoms with Crippen molar-refractivity contribution in [3.05, 3.63) is 36.3 Å². The largest absolute Gasteiger partial charge is 0.353 e. The van der Waals surface area contributed by atoms with Crippen LogP contribution in [0.4, 0.5) is 8.28 Å². The molecule has 8 heteroatoms. The van der Waals surface area contributed by atoms with Crippen molar-refractivity contribution in [1.82, 2.24) is 15.0 Å². The van der Waals surface area contributed by atoms with Gasteiger partial charge in [-0.3, -0.25) is 0 Å². The predicted octanol–water partition coefficient (Wildman–Crippen LogP) is 1.06. The normalized spacial score (nSPS) is 11.6. The van der Waals surface area contributed by atoms with E-state index in [1.165, 1.54) is 24.3 Å². The molecular weight excluding hydrogens is 240 g/mol. The molecule has 0 radical (unpaired) electrons. The topological polar surface area (TPSA) is 64.8 Å². The third-order valence-corrected chi connectivity index (χ3v) is 2.50. The van der Waals surface area contributed by atoms with Gasteiger partial charge in [0, 0.05) is 0 Å². The van der Waals surface area contributed by atoms with E-state index in [0.717, 1.165) is 10.9 Å². The van der Waals surface area contributed by atoms with Crippen molar-refractivity contribution >= 4 is 10.2 Å². The number of aromatic nitrogens is 3. The minimum Gasteiger partial charge on any atom is -0.219 e. The van der Waals surface area contributed by atoms with Crippen molar-refractivity contribution in [1.29, 1.82) is 0 Å². The van der Waals surface area contributed by atoms with E-state index in [1.807, 2.05) is 0 Å². The van der Waals surface area contributed by atoms with E-state index >= 15 is 0 Å². The first kappa shape index (κ1) is 10.7. The lowest BCUT2D eigenvalue weighted by atomic mass is 10.3. The van der Waals surface area contributed by atoms with Crippen LogP contribution in [0, 0.1) is 5.82 Å². The number of benzene rings is 1. The number of rotatable bonds is 2. The van der Waals surface area contributed by atoms with Crippen LogP contribution in [-0.4, -0.2) is 23.4 Å². The lowest BCUT2D eigenvalue weighted by Crippen LogP contribution is -1.94. The highest BCUT2D eigenvalue weighted by atomic mass is 32.3. The van der Waals surface area contributed by atoms with Gasteiger partial charge in [0.25, 0.3) is 0 Å². The van der Waals surface area contributed by atoms with Crippen molar-refractivity contribution < 1.29 is 16.7 Å². The van der Waals surface area contributed by atoms with Gasteiger partial charge in [-0.2, -0.15) is 8.42 Å². The van der Waals surface area contributed by atoms with Gasteiger partial charge < -0.3 is 0 Å². The van der Waals surface area contributed by atoms with Gasteiger partial charge in [-0.05, 0) is 24.3 Å². The Morgan fingerprint density at radius 2 is 1.81 bits per heavy atom. The molecule has 0 aliphatic rings. The Labute approximate surface area is 89.5 Å². The van der Waals surface area contributed by atoms with Gasteiger partial charge in [-0.15, -0.1) is 5.10 Å². The summed E-state index contributed by atoms with van der Waals surface area (Å²) in [7, 11) is -4.87. The summed E-state index contributed by atoms with van der Waals surface area (Å²) in [6, 6.07) is 5.05. The van der Waals surface area contributed by atoms with E-state index in [-0.39, 0.29) is 0 Å². The molecule has 0 N–H and O–H groups in total. The van der Waals surface area contributed by atoms with Crippen LogP contribution in [-0.2, 0) is 10.2 Å². The van der Waals surface area contributed by atoms with Crippen LogP contribution in [0.15, 0.2) is 35.5 Å². The lowest BCUT2D eigenvalue weighted by molar-refractivity contribution is 0.547. The van der Waals surface area contributed by atoms with E-state index < -0.39 is 21.1 Å². The fraction of sp³-hybridized carbons (Fsp3) is 0. The summed E-state index contributed by atoms with van der Waals surface area (Å²) in [5.74, 6) is -0.442. The first-order chi connectivity index (χ1) is 7.47. The van der Waals surface area contributed by atoms with Crippen molar-refractivity contribution in [2.45, 2.75) is 5.03 Å². The maximum atomic E-state index is 12.6. The number of hydrogen-bond donors (Lipinski definition) is 0.